The van der Waals surface area contributed by atoms with Crippen molar-refractivity contribution in [2.24, 2.45) is 0 Å². The van der Waals surface area contributed by atoms with E-state index in [2.05, 4.69) is 19.7 Å². The second-order valence-corrected chi connectivity index (χ2v) is 2.39. The Hall–Kier alpha value is 1.09. The van der Waals surface area contributed by atoms with Crippen molar-refractivity contribution in [1.82, 2.24) is 0 Å². The Morgan fingerprint density at radius 1 is 1.75 bits per heavy atom. The molecule has 0 radical (unpaired) electrons. The zero-order valence-corrected chi connectivity index (χ0v) is 10.2. The third kappa shape index (κ3) is 4.02. The van der Waals surface area contributed by atoms with Crippen LogP contribution in [0, 0.1) is 6.07 Å². The Morgan fingerprint density at radius 3 is 2.50 bits per heavy atom. The van der Waals surface area contributed by atoms with Crippen molar-refractivity contribution >= 4 is 36.6 Å². The van der Waals surface area contributed by atoms with Gasteiger partial charge in [-0.15, -0.1) is 5.38 Å². The number of halogens is 2. The Bertz CT molecular complexity index is 120. The summed E-state index contributed by atoms with van der Waals surface area (Å²) in [5.41, 5.74) is 0. The first-order valence-corrected chi connectivity index (χ1v) is 9.97. The van der Waals surface area contributed by atoms with Crippen LogP contribution in [0.15, 0.2) is 11.4 Å². The van der Waals surface area contributed by atoms with E-state index >= 15 is 0 Å². The molecule has 0 fully saturated rings. The molecule has 8 heavy (non-hydrogen) atoms. The van der Waals surface area contributed by atoms with Gasteiger partial charge in [-0.05, 0) is 0 Å². The van der Waals surface area contributed by atoms with Crippen LogP contribution in [0.1, 0.15) is 0 Å². The van der Waals surface area contributed by atoms with Gasteiger partial charge in [-0.3, -0.25) is 11.3 Å². The summed E-state index contributed by atoms with van der Waals surface area (Å²) in [6, 6.07) is 4.56. The molecule has 0 atom stereocenters. The Morgan fingerprint density at radius 2 is 2.38 bits per heavy atom. The van der Waals surface area contributed by atoms with Crippen LogP contribution in [0.5, 0.6) is 0 Å². The molecule has 4 heteroatoms. The van der Waals surface area contributed by atoms with Gasteiger partial charge in [0.25, 0.3) is 0 Å². The van der Waals surface area contributed by atoms with Crippen molar-refractivity contribution in [3.8, 4) is 0 Å². The fourth-order valence-corrected chi connectivity index (χ4v) is 0.805. The van der Waals surface area contributed by atoms with Gasteiger partial charge in [0.2, 0.25) is 0 Å². The van der Waals surface area contributed by atoms with Gasteiger partial charge in [0.15, 0.2) is 0 Å². The summed E-state index contributed by atoms with van der Waals surface area (Å²) in [7, 11) is 0. The molecule has 0 spiro atoms. The number of thiophene rings is 1. The van der Waals surface area contributed by atoms with E-state index in [9.17, 15) is 0 Å². The summed E-state index contributed by atoms with van der Waals surface area (Å²) in [5, 5.41) is 1.82. The van der Waals surface area contributed by atoms with Crippen LogP contribution in [-0.4, -0.2) is 0 Å². The molecule has 40 valence electrons. The van der Waals surface area contributed by atoms with Gasteiger partial charge >= 0.3 is 30.0 Å². The first-order chi connectivity index (χ1) is 3.89. The number of rotatable bonds is 0. The average Bonchev–Trinajstić information content (AvgIpc) is 2.24. The Labute approximate surface area is 74.3 Å². The molecule has 1 rings (SSSR count). The molecule has 0 aromatic carbocycles. The maximum absolute atomic E-state index is 5.44. The van der Waals surface area contributed by atoms with E-state index in [1.165, 1.54) is 27.7 Å². The molecule has 1 aromatic rings. The predicted molar refractivity (Wildman–Crippen MR) is 37.1 cm³/mol. The molecular formula is C4H2BrClSZn. The van der Waals surface area contributed by atoms with Crippen molar-refractivity contribution in [1.29, 1.82) is 0 Å². The first-order valence-electron chi connectivity index (χ1n) is 1.76. The Kier molecular flexibility index (Phi) is 7.07. The second-order valence-electron chi connectivity index (χ2n) is 0.851. The van der Waals surface area contributed by atoms with Gasteiger partial charge < -0.3 is 0 Å². The summed E-state index contributed by atoms with van der Waals surface area (Å²) in [5.74, 6) is 0. The van der Waals surface area contributed by atoms with Crippen LogP contribution in [0.25, 0.3) is 0 Å². The van der Waals surface area contributed by atoms with E-state index in [4.69, 9.17) is 11.6 Å². The molecule has 0 amide bonds. The summed E-state index contributed by atoms with van der Waals surface area (Å²) in [6.45, 7) is 0. The molecule has 1 aromatic heterocycles. The van der Waals surface area contributed by atoms with Gasteiger partial charge in [-0.2, -0.15) is 11.6 Å². The summed E-state index contributed by atoms with van der Waals surface area (Å²) >= 11 is 11.2. The van der Waals surface area contributed by atoms with Crippen molar-refractivity contribution in [2.45, 2.75) is 0 Å². The van der Waals surface area contributed by atoms with Gasteiger partial charge in [0.05, 0.1) is 0 Å². The summed E-state index contributed by atoms with van der Waals surface area (Å²) in [4.78, 5) is 0. The fourth-order valence-electron chi connectivity index (χ4n) is 0.224. The van der Waals surface area contributed by atoms with Crippen LogP contribution in [-0.2, 0) is 16.3 Å². The normalized spacial score (nSPS) is 7.50. The molecule has 0 bridgehead atoms. The maximum atomic E-state index is 5.44. The van der Waals surface area contributed by atoms with Crippen LogP contribution < -0.4 is 0 Å². The molecule has 0 unspecified atom stereocenters. The third-order valence-electron chi connectivity index (χ3n) is 0.436. The van der Waals surface area contributed by atoms with Crippen molar-refractivity contribution in [3.63, 3.8) is 0 Å². The molecule has 1 heterocycles. The third-order valence-corrected chi connectivity index (χ3v) is 1.41. The monoisotopic (exact) mass is 260 g/mol. The Balaban J connectivity index is 0.000000222. The van der Waals surface area contributed by atoms with Crippen molar-refractivity contribution in [3.05, 3.63) is 21.8 Å². The predicted octanol–water partition coefficient (Wildman–Crippen LogP) is 3.04. The molecule has 0 nitrogen and oxygen atoms in total. The van der Waals surface area contributed by atoms with Gasteiger partial charge in [-0.25, -0.2) is 12.1 Å². The molecule has 0 saturated heterocycles. The van der Waals surface area contributed by atoms with Crippen LogP contribution >= 0.6 is 36.6 Å². The zero-order valence-electron chi connectivity index (χ0n) is 4.03. The van der Waals surface area contributed by atoms with Gasteiger partial charge in [-0.1, -0.05) is 4.34 Å². The SMILES string of the molecule is Clc1c[c-]cs1.[Zn+][Br]. The molecule has 0 N–H and O–H groups in total. The standard InChI is InChI=1S/C4H2ClS.BrH.Zn/c5-4-2-1-3-6-4;;/h2-3H;1H;/q-1;;+2/p-1. The quantitative estimate of drug-likeness (QED) is 0.498. The van der Waals surface area contributed by atoms with E-state index in [-0.39, 0.29) is 0 Å². The minimum atomic E-state index is 0.801. The molecule has 0 aliphatic carbocycles. The van der Waals surface area contributed by atoms with Crippen LogP contribution in [0.4, 0.5) is 0 Å². The average molecular weight is 263 g/mol. The minimum absolute atomic E-state index is 0.801. The van der Waals surface area contributed by atoms with E-state index in [0.29, 0.717) is 0 Å². The summed E-state index contributed by atoms with van der Waals surface area (Å²) < 4.78 is 0.801. The summed E-state index contributed by atoms with van der Waals surface area (Å²) in [6.07, 6.45) is 0. The molecule has 0 saturated carbocycles. The van der Waals surface area contributed by atoms with Crippen molar-refractivity contribution in [2.75, 3.05) is 0 Å². The number of hydrogen-bond donors (Lipinski definition) is 0. The molecule has 0 aliphatic heterocycles. The van der Waals surface area contributed by atoms with Gasteiger partial charge in [0, 0.05) is 0 Å². The van der Waals surface area contributed by atoms with E-state index in [0.717, 1.165) is 4.34 Å². The fraction of sp³-hybridized carbons (Fsp3) is 0. The van der Waals surface area contributed by atoms with Gasteiger partial charge in [0.1, 0.15) is 0 Å². The van der Waals surface area contributed by atoms with E-state index in [1.54, 1.807) is 6.07 Å². The van der Waals surface area contributed by atoms with E-state index in [1.807, 2.05) is 5.38 Å². The topological polar surface area (TPSA) is 0 Å². The second kappa shape index (κ2) is 6.22. The number of hydrogen-bond acceptors (Lipinski definition) is 1. The first kappa shape index (κ1) is 9.09. The van der Waals surface area contributed by atoms with Crippen molar-refractivity contribution < 1.29 is 16.3 Å². The molecule has 0 aliphatic rings. The molecular weight excluding hydrogens is 261 g/mol. The van der Waals surface area contributed by atoms with E-state index < -0.39 is 0 Å². The van der Waals surface area contributed by atoms with Crippen LogP contribution in [0.2, 0.25) is 4.34 Å². The zero-order chi connectivity index (χ0) is 6.41. The van der Waals surface area contributed by atoms with Crippen LogP contribution in [0.3, 0.4) is 0 Å².